The summed E-state index contributed by atoms with van der Waals surface area (Å²) >= 11 is 2.37. The number of nitrogens with zero attached hydrogens (tertiary/aromatic N) is 2. The molecule has 1 unspecified atom stereocenters. The quantitative estimate of drug-likeness (QED) is 0.693. The van der Waals surface area contributed by atoms with Gasteiger partial charge in [-0.2, -0.15) is 4.31 Å². The minimum absolute atomic E-state index is 0.144. The number of benzene rings is 1. The van der Waals surface area contributed by atoms with Crippen molar-refractivity contribution in [2.45, 2.75) is 17.1 Å². The van der Waals surface area contributed by atoms with Crippen LogP contribution in [0.1, 0.15) is 12.8 Å². The van der Waals surface area contributed by atoms with E-state index in [0.717, 1.165) is 0 Å². The van der Waals surface area contributed by atoms with E-state index in [9.17, 15) is 17.6 Å². The smallest absolute Gasteiger partial charge is 0.252 e. The molecule has 2 aromatic heterocycles. The Morgan fingerprint density at radius 2 is 2.19 bits per heavy atom. The molecule has 1 aliphatic rings. The molecular formula is C17H16FN3O3S3. The van der Waals surface area contributed by atoms with Crippen LogP contribution in [0.3, 0.4) is 0 Å². The minimum atomic E-state index is -3.57. The number of halogens is 1. The lowest BCUT2D eigenvalue weighted by Crippen LogP contribution is -2.43. The van der Waals surface area contributed by atoms with E-state index < -0.39 is 15.9 Å². The number of rotatable bonds is 4. The summed E-state index contributed by atoms with van der Waals surface area (Å²) < 4.78 is 41.0. The van der Waals surface area contributed by atoms with E-state index in [1.807, 2.05) is 0 Å². The highest BCUT2D eigenvalue weighted by Crippen LogP contribution is 2.29. The molecule has 1 fully saturated rings. The number of piperidine rings is 1. The molecule has 0 radical (unpaired) electrons. The van der Waals surface area contributed by atoms with Crippen LogP contribution in [0.25, 0.3) is 10.2 Å². The molecule has 0 bridgehead atoms. The maximum Gasteiger partial charge on any atom is 0.252 e. The first kappa shape index (κ1) is 18.5. The standard InChI is InChI=1S/C17H16FN3O3S3/c18-12-5-6-13-14(9-12)26-17(19-13)20-16(22)11-3-1-7-21(10-11)27(23,24)15-4-2-8-25-15/h2,4-6,8-9,11H,1,3,7,10H2,(H,19,20,22). The molecule has 0 spiro atoms. The van der Waals surface area contributed by atoms with Crippen LogP contribution in [0.5, 0.6) is 0 Å². The van der Waals surface area contributed by atoms with E-state index in [4.69, 9.17) is 0 Å². The van der Waals surface area contributed by atoms with Gasteiger partial charge in [0.2, 0.25) is 5.91 Å². The van der Waals surface area contributed by atoms with Gasteiger partial charge < -0.3 is 5.32 Å². The lowest BCUT2D eigenvalue weighted by molar-refractivity contribution is -0.120. The third kappa shape index (κ3) is 3.75. The average molecular weight is 426 g/mol. The van der Waals surface area contributed by atoms with Crippen molar-refractivity contribution >= 4 is 54.0 Å². The fourth-order valence-electron chi connectivity index (χ4n) is 3.07. The Hall–Kier alpha value is -1.88. The fraction of sp³-hybridized carbons (Fsp3) is 0.294. The van der Waals surface area contributed by atoms with E-state index in [1.54, 1.807) is 23.6 Å². The average Bonchev–Trinajstić information content (AvgIpc) is 3.31. The molecule has 1 saturated heterocycles. The molecule has 1 N–H and O–H groups in total. The van der Waals surface area contributed by atoms with Crippen molar-refractivity contribution in [3.63, 3.8) is 0 Å². The van der Waals surface area contributed by atoms with Gasteiger partial charge in [0.25, 0.3) is 10.0 Å². The van der Waals surface area contributed by atoms with Gasteiger partial charge in [-0.1, -0.05) is 17.4 Å². The van der Waals surface area contributed by atoms with Crippen molar-refractivity contribution < 1.29 is 17.6 Å². The van der Waals surface area contributed by atoms with Crippen LogP contribution in [0.15, 0.2) is 39.9 Å². The van der Waals surface area contributed by atoms with Crippen molar-refractivity contribution in [2.75, 3.05) is 18.4 Å². The molecule has 27 heavy (non-hydrogen) atoms. The fourth-order valence-corrected chi connectivity index (χ4v) is 6.63. The minimum Gasteiger partial charge on any atom is -0.302 e. The number of sulfonamides is 1. The Bertz CT molecular complexity index is 1080. The van der Waals surface area contributed by atoms with Crippen LogP contribution >= 0.6 is 22.7 Å². The van der Waals surface area contributed by atoms with Crippen molar-refractivity contribution in [1.82, 2.24) is 9.29 Å². The summed E-state index contributed by atoms with van der Waals surface area (Å²) in [6, 6.07) is 7.53. The van der Waals surface area contributed by atoms with Gasteiger partial charge in [-0.25, -0.2) is 17.8 Å². The Balaban J connectivity index is 1.48. The lowest BCUT2D eigenvalue weighted by atomic mass is 9.99. The van der Waals surface area contributed by atoms with E-state index >= 15 is 0 Å². The lowest BCUT2D eigenvalue weighted by Gasteiger charge is -2.30. The maximum atomic E-state index is 13.3. The molecule has 6 nitrogen and oxygen atoms in total. The van der Waals surface area contributed by atoms with E-state index in [-0.39, 0.29) is 22.5 Å². The molecule has 3 aromatic rings. The van der Waals surface area contributed by atoms with Gasteiger partial charge >= 0.3 is 0 Å². The molecule has 142 valence electrons. The summed E-state index contributed by atoms with van der Waals surface area (Å²) in [5, 5.41) is 4.86. The van der Waals surface area contributed by atoms with Crippen molar-refractivity contribution in [3.05, 3.63) is 41.5 Å². The zero-order valence-corrected chi connectivity index (χ0v) is 16.5. The summed E-state index contributed by atoms with van der Waals surface area (Å²) in [6.07, 6.45) is 1.23. The highest BCUT2D eigenvalue weighted by atomic mass is 32.2. The topological polar surface area (TPSA) is 79.4 Å². The Kier molecular flexibility index (Phi) is 4.97. The normalized spacial score (nSPS) is 18.6. The van der Waals surface area contributed by atoms with Gasteiger partial charge in [0, 0.05) is 13.1 Å². The van der Waals surface area contributed by atoms with E-state index in [0.29, 0.717) is 34.7 Å². The molecule has 4 rings (SSSR count). The number of hydrogen-bond acceptors (Lipinski definition) is 6. The molecule has 10 heteroatoms. The highest BCUT2D eigenvalue weighted by Gasteiger charge is 2.34. The predicted molar refractivity (Wildman–Crippen MR) is 104 cm³/mol. The Morgan fingerprint density at radius 3 is 2.96 bits per heavy atom. The van der Waals surface area contributed by atoms with Crippen LogP contribution in [0.2, 0.25) is 0 Å². The second-order valence-corrected chi connectivity index (χ2v) is 10.4. The number of aromatic nitrogens is 1. The van der Waals surface area contributed by atoms with Crippen molar-refractivity contribution in [3.8, 4) is 0 Å². The summed E-state index contributed by atoms with van der Waals surface area (Å²) in [5.74, 6) is -1.07. The zero-order valence-electron chi connectivity index (χ0n) is 14.1. The van der Waals surface area contributed by atoms with Crippen molar-refractivity contribution in [2.24, 2.45) is 5.92 Å². The summed E-state index contributed by atoms with van der Waals surface area (Å²) in [4.78, 5) is 16.9. The molecule has 1 atom stereocenters. The van der Waals surface area contributed by atoms with Crippen LogP contribution in [-0.2, 0) is 14.8 Å². The van der Waals surface area contributed by atoms with Gasteiger partial charge in [-0.15, -0.1) is 11.3 Å². The molecule has 0 aliphatic carbocycles. The SMILES string of the molecule is O=C(Nc1nc2ccc(F)cc2s1)C1CCCN(S(=O)(=O)c2cccs2)C1. The van der Waals surface area contributed by atoms with Crippen LogP contribution in [0.4, 0.5) is 9.52 Å². The number of carbonyl (C=O) groups excluding carboxylic acids is 1. The van der Waals surface area contributed by atoms with Gasteiger partial charge in [-0.3, -0.25) is 4.79 Å². The number of thiazole rings is 1. The highest BCUT2D eigenvalue weighted by molar-refractivity contribution is 7.91. The maximum absolute atomic E-state index is 13.3. The van der Waals surface area contributed by atoms with Crippen LogP contribution in [0, 0.1) is 11.7 Å². The number of hydrogen-bond donors (Lipinski definition) is 1. The first-order valence-corrected chi connectivity index (χ1v) is 11.5. The molecule has 1 amide bonds. The number of thiophene rings is 1. The van der Waals surface area contributed by atoms with Crippen molar-refractivity contribution in [1.29, 1.82) is 0 Å². The molecular weight excluding hydrogens is 409 g/mol. The zero-order chi connectivity index (χ0) is 19.0. The monoisotopic (exact) mass is 425 g/mol. The number of anilines is 1. The molecule has 1 aromatic carbocycles. The Morgan fingerprint density at radius 1 is 1.33 bits per heavy atom. The number of fused-ring (bicyclic) bond motifs is 1. The van der Waals surface area contributed by atoms with Gasteiger partial charge in [0.05, 0.1) is 16.1 Å². The summed E-state index contributed by atoms with van der Waals surface area (Å²) in [5.41, 5.74) is 0.613. The summed E-state index contributed by atoms with van der Waals surface area (Å²) in [7, 11) is -3.57. The number of amides is 1. The molecule has 0 saturated carbocycles. The third-order valence-electron chi connectivity index (χ3n) is 4.42. The first-order valence-electron chi connectivity index (χ1n) is 8.34. The van der Waals surface area contributed by atoms with Gasteiger partial charge in [0.15, 0.2) is 5.13 Å². The second kappa shape index (κ2) is 7.27. The molecule has 3 heterocycles. The largest absolute Gasteiger partial charge is 0.302 e. The van der Waals surface area contributed by atoms with Crippen LogP contribution in [-0.4, -0.2) is 36.7 Å². The first-order chi connectivity index (χ1) is 12.9. The van der Waals surface area contributed by atoms with E-state index in [2.05, 4.69) is 10.3 Å². The number of nitrogens with one attached hydrogen (secondary N) is 1. The van der Waals surface area contributed by atoms with Gasteiger partial charge in [0.1, 0.15) is 10.0 Å². The third-order valence-corrected chi connectivity index (χ3v) is 8.60. The van der Waals surface area contributed by atoms with E-state index in [1.165, 1.54) is 39.1 Å². The molecule has 1 aliphatic heterocycles. The second-order valence-electron chi connectivity index (χ2n) is 6.25. The van der Waals surface area contributed by atoms with Gasteiger partial charge in [-0.05, 0) is 42.5 Å². The predicted octanol–water partition coefficient (Wildman–Crippen LogP) is 3.54. The number of carbonyl (C=O) groups is 1. The summed E-state index contributed by atoms with van der Waals surface area (Å²) in [6.45, 7) is 0.552. The Labute approximate surface area is 163 Å². The van der Waals surface area contributed by atoms with Crippen LogP contribution < -0.4 is 5.32 Å².